The lowest BCUT2D eigenvalue weighted by molar-refractivity contribution is 0.304. The molecule has 0 amide bonds. The molecule has 1 aliphatic rings. The average molecular weight is 275 g/mol. The molecule has 0 spiro atoms. The van der Waals surface area contributed by atoms with Gasteiger partial charge < -0.3 is 10.1 Å². The second-order valence-electron chi connectivity index (χ2n) is 6.21. The summed E-state index contributed by atoms with van der Waals surface area (Å²) in [5, 5.41) is 3.56. The molecule has 20 heavy (non-hydrogen) atoms. The van der Waals surface area contributed by atoms with Gasteiger partial charge in [-0.3, -0.25) is 0 Å². The first kappa shape index (κ1) is 15.4. The topological polar surface area (TPSA) is 21.3 Å². The molecule has 0 atom stereocenters. The zero-order valence-electron chi connectivity index (χ0n) is 13.0. The molecule has 0 unspecified atom stereocenters. The third-order valence-corrected chi connectivity index (χ3v) is 3.90. The molecule has 2 heteroatoms. The van der Waals surface area contributed by atoms with E-state index < -0.39 is 0 Å². The van der Waals surface area contributed by atoms with Gasteiger partial charge in [-0.2, -0.15) is 0 Å². The fraction of sp³-hybridized carbons (Fsp3) is 0.667. The maximum Gasteiger partial charge on any atom is 0.119 e. The molecular formula is C18H29NO. The molecule has 2 rings (SSSR count). The minimum atomic E-state index is 0.591. The molecule has 0 saturated heterocycles. The Labute approximate surface area is 123 Å². The standard InChI is InChI=1S/C18H29NO/c1-15(2)16-7-11-18(12-8-16)20-14-6-4-3-5-13-19-17-9-10-17/h7-8,11-12,15,17,19H,3-6,9-10,13-14H2,1-2H3. The van der Waals surface area contributed by atoms with Crippen LogP contribution in [-0.2, 0) is 0 Å². The van der Waals surface area contributed by atoms with Gasteiger partial charge in [-0.05, 0) is 55.8 Å². The Morgan fingerprint density at radius 2 is 1.75 bits per heavy atom. The summed E-state index contributed by atoms with van der Waals surface area (Å²) in [6.45, 7) is 6.47. The van der Waals surface area contributed by atoms with Gasteiger partial charge in [-0.15, -0.1) is 0 Å². The van der Waals surface area contributed by atoms with Crippen molar-refractivity contribution in [3.8, 4) is 5.75 Å². The quantitative estimate of drug-likeness (QED) is 0.635. The molecule has 1 saturated carbocycles. The van der Waals surface area contributed by atoms with Crippen molar-refractivity contribution in [2.24, 2.45) is 0 Å². The van der Waals surface area contributed by atoms with E-state index in [1.807, 2.05) is 0 Å². The van der Waals surface area contributed by atoms with Crippen LogP contribution >= 0.6 is 0 Å². The molecule has 0 bridgehead atoms. The Kier molecular flexibility index (Phi) is 6.38. The van der Waals surface area contributed by atoms with E-state index in [0.717, 1.165) is 24.8 Å². The number of unbranched alkanes of at least 4 members (excludes halogenated alkanes) is 3. The van der Waals surface area contributed by atoms with E-state index in [2.05, 4.69) is 43.4 Å². The van der Waals surface area contributed by atoms with Crippen LogP contribution in [0.2, 0.25) is 0 Å². The summed E-state index contributed by atoms with van der Waals surface area (Å²) in [4.78, 5) is 0. The summed E-state index contributed by atoms with van der Waals surface area (Å²) in [6.07, 6.45) is 7.84. The van der Waals surface area contributed by atoms with E-state index in [1.165, 1.54) is 44.2 Å². The molecule has 0 heterocycles. The number of rotatable bonds is 10. The van der Waals surface area contributed by atoms with E-state index >= 15 is 0 Å². The van der Waals surface area contributed by atoms with Crippen LogP contribution in [0.4, 0.5) is 0 Å². The molecule has 0 aromatic heterocycles. The number of hydrogen-bond acceptors (Lipinski definition) is 2. The van der Waals surface area contributed by atoms with Crippen molar-refractivity contribution in [1.82, 2.24) is 5.32 Å². The number of nitrogens with one attached hydrogen (secondary N) is 1. The Morgan fingerprint density at radius 1 is 1.05 bits per heavy atom. The van der Waals surface area contributed by atoms with Gasteiger partial charge in [0.25, 0.3) is 0 Å². The Bertz CT molecular complexity index is 368. The van der Waals surface area contributed by atoms with Crippen molar-refractivity contribution < 1.29 is 4.74 Å². The summed E-state index contributed by atoms with van der Waals surface area (Å²) in [7, 11) is 0. The van der Waals surface area contributed by atoms with Crippen LogP contribution in [0.3, 0.4) is 0 Å². The molecule has 112 valence electrons. The van der Waals surface area contributed by atoms with Crippen LogP contribution in [0.15, 0.2) is 24.3 Å². The first-order valence-electron chi connectivity index (χ1n) is 8.22. The van der Waals surface area contributed by atoms with Gasteiger partial charge in [0, 0.05) is 6.04 Å². The van der Waals surface area contributed by atoms with Gasteiger partial charge in [0.15, 0.2) is 0 Å². The molecule has 2 nitrogen and oxygen atoms in total. The van der Waals surface area contributed by atoms with Crippen LogP contribution in [0, 0.1) is 0 Å². The normalized spacial score (nSPS) is 14.8. The molecule has 1 aromatic rings. The minimum Gasteiger partial charge on any atom is -0.494 e. The second kappa shape index (κ2) is 8.31. The number of hydrogen-bond donors (Lipinski definition) is 1. The van der Waals surface area contributed by atoms with Crippen molar-refractivity contribution in [3.63, 3.8) is 0 Å². The predicted octanol–water partition coefficient (Wildman–Crippen LogP) is 4.50. The first-order chi connectivity index (χ1) is 9.75. The van der Waals surface area contributed by atoms with Crippen LogP contribution in [-0.4, -0.2) is 19.2 Å². The largest absolute Gasteiger partial charge is 0.494 e. The fourth-order valence-corrected chi connectivity index (χ4v) is 2.31. The summed E-state index contributed by atoms with van der Waals surface area (Å²) < 4.78 is 5.78. The highest BCUT2D eigenvalue weighted by Gasteiger charge is 2.19. The van der Waals surface area contributed by atoms with Gasteiger partial charge in [0.1, 0.15) is 5.75 Å². The van der Waals surface area contributed by atoms with E-state index in [9.17, 15) is 0 Å². The van der Waals surface area contributed by atoms with E-state index in [-0.39, 0.29) is 0 Å². The Morgan fingerprint density at radius 3 is 2.40 bits per heavy atom. The van der Waals surface area contributed by atoms with Gasteiger partial charge in [-0.25, -0.2) is 0 Å². The van der Waals surface area contributed by atoms with E-state index in [1.54, 1.807) is 0 Å². The summed E-state index contributed by atoms with van der Waals surface area (Å²) in [5.41, 5.74) is 1.38. The summed E-state index contributed by atoms with van der Waals surface area (Å²) >= 11 is 0. The highest BCUT2D eigenvalue weighted by Crippen LogP contribution is 2.19. The number of ether oxygens (including phenoxy) is 1. The zero-order valence-corrected chi connectivity index (χ0v) is 13.0. The molecule has 1 aromatic carbocycles. The summed E-state index contributed by atoms with van der Waals surface area (Å²) in [5.74, 6) is 1.60. The Balaban J connectivity index is 1.47. The third kappa shape index (κ3) is 5.96. The average Bonchev–Trinajstić information content (AvgIpc) is 3.26. The maximum absolute atomic E-state index is 5.78. The Hall–Kier alpha value is -1.02. The summed E-state index contributed by atoms with van der Waals surface area (Å²) in [6, 6.07) is 9.38. The molecule has 0 radical (unpaired) electrons. The SMILES string of the molecule is CC(C)c1ccc(OCCCCCCNC2CC2)cc1. The van der Waals surface area contributed by atoms with Crippen molar-refractivity contribution in [2.45, 2.75) is 64.3 Å². The second-order valence-corrected chi connectivity index (χ2v) is 6.21. The van der Waals surface area contributed by atoms with Crippen molar-refractivity contribution in [1.29, 1.82) is 0 Å². The van der Waals surface area contributed by atoms with Gasteiger partial charge in [-0.1, -0.05) is 38.8 Å². The van der Waals surface area contributed by atoms with E-state index in [4.69, 9.17) is 4.74 Å². The molecule has 0 aliphatic heterocycles. The van der Waals surface area contributed by atoms with Crippen LogP contribution < -0.4 is 10.1 Å². The van der Waals surface area contributed by atoms with Gasteiger partial charge in [0.05, 0.1) is 6.61 Å². The fourth-order valence-electron chi connectivity index (χ4n) is 2.31. The maximum atomic E-state index is 5.78. The molecule has 1 fully saturated rings. The smallest absolute Gasteiger partial charge is 0.119 e. The molecule has 1 aliphatic carbocycles. The zero-order chi connectivity index (χ0) is 14.2. The first-order valence-corrected chi connectivity index (χ1v) is 8.22. The van der Waals surface area contributed by atoms with Crippen LogP contribution in [0.1, 0.15) is 63.9 Å². The van der Waals surface area contributed by atoms with Crippen molar-refractivity contribution >= 4 is 0 Å². The van der Waals surface area contributed by atoms with E-state index in [0.29, 0.717) is 5.92 Å². The lowest BCUT2D eigenvalue weighted by Gasteiger charge is -2.09. The third-order valence-electron chi connectivity index (χ3n) is 3.90. The van der Waals surface area contributed by atoms with Gasteiger partial charge in [0.2, 0.25) is 0 Å². The predicted molar refractivity (Wildman–Crippen MR) is 85.5 cm³/mol. The lowest BCUT2D eigenvalue weighted by Crippen LogP contribution is -2.17. The molecule has 1 N–H and O–H groups in total. The highest BCUT2D eigenvalue weighted by molar-refractivity contribution is 5.28. The van der Waals surface area contributed by atoms with Crippen molar-refractivity contribution in [2.75, 3.05) is 13.2 Å². The number of benzene rings is 1. The van der Waals surface area contributed by atoms with Crippen LogP contribution in [0.5, 0.6) is 5.75 Å². The van der Waals surface area contributed by atoms with Crippen LogP contribution in [0.25, 0.3) is 0 Å². The minimum absolute atomic E-state index is 0.591. The molecular weight excluding hydrogens is 246 g/mol. The lowest BCUT2D eigenvalue weighted by atomic mass is 10.0. The van der Waals surface area contributed by atoms with Gasteiger partial charge >= 0.3 is 0 Å². The monoisotopic (exact) mass is 275 g/mol. The highest BCUT2D eigenvalue weighted by atomic mass is 16.5. The van der Waals surface area contributed by atoms with Crippen molar-refractivity contribution in [3.05, 3.63) is 29.8 Å².